The van der Waals surface area contributed by atoms with Crippen molar-refractivity contribution in [3.8, 4) is 0 Å². The highest BCUT2D eigenvalue weighted by molar-refractivity contribution is 5.28. The second-order valence-electron chi connectivity index (χ2n) is 14.0. The molecule has 1 heteroatoms. The normalized spacial score (nSPS) is 39.9. The van der Waals surface area contributed by atoms with Crippen LogP contribution in [-0.2, 0) is 11.3 Å². The van der Waals surface area contributed by atoms with Gasteiger partial charge in [-0.3, -0.25) is 0 Å². The summed E-state index contributed by atoms with van der Waals surface area (Å²) in [5.41, 5.74) is 4.17. The predicted octanol–water partition coefficient (Wildman–Crippen LogP) is 9.64. The van der Waals surface area contributed by atoms with Crippen LogP contribution in [0.3, 0.4) is 0 Å². The molecular weight excluding hydrogens is 436 g/mol. The van der Waals surface area contributed by atoms with Crippen molar-refractivity contribution in [2.45, 2.75) is 106 Å². The van der Waals surface area contributed by atoms with Crippen molar-refractivity contribution >= 4 is 0 Å². The molecule has 4 aliphatic rings. The van der Waals surface area contributed by atoms with Crippen LogP contribution in [0.4, 0.5) is 0 Å². The average Bonchev–Trinajstić information content (AvgIpc) is 3.23. The molecule has 0 unspecified atom stereocenters. The van der Waals surface area contributed by atoms with Gasteiger partial charge in [-0.25, -0.2) is 0 Å². The first-order chi connectivity index (χ1) is 17.2. The fraction of sp³-hybridized carbons (Fsp3) is 0.714. The Hall–Kier alpha value is -1.34. The fourth-order valence-electron chi connectivity index (χ4n) is 9.02. The Labute approximate surface area is 222 Å². The molecule has 0 aliphatic heterocycles. The third-order valence-corrected chi connectivity index (χ3v) is 11.8. The lowest BCUT2D eigenvalue weighted by Gasteiger charge is -2.58. The molecule has 36 heavy (non-hydrogen) atoms. The van der Waals surface area contributed by atoms with E-state index >= 15 is 0 Å². The first-order valence-corrected chi connectivity index (χ1v) is 15.3. The summed E-state index contributed by atoms with van der Waals surface area (Å²) in [7, 11) is 0. The minimum absolute atomic E-state index is 0.434. The molecule has 1 aromatic rings. The van der Waals surface area contributed by atoms with E-state index < -0.39 is 0 Å². The van der Waals surface area contributed by atoms with Crippen molar-refractivity contribution in [1.29, 1.82) is 0 Å². The SMILES string of the molecule is CC(C)[C@@H](C)/C=C/[C@@H](C)[C@@H]1CC[C@@H]2C3=CC[C@H]4C[C@H](OCc5ccccc5)CC[C@@]4(C)[C@@H]3CC[C@@]21C. The number of allylic oxidation sites excluding steroid dienone is 4. The Kier molecular flexibility index (Phi) is 7.62. The van der Waals surface area contributed by atoms with E-state index in [-0.39, 0.29) is 0 Å². The molecule has 0 amide bonds. The van der Waals surface area contributed by atoms with Crippen molar-refractivity contribution in [1.82, 2.24) is 0 Å². The smallest absolute Gasteiger partial charge is 0.0720 e. The topological polar surface area (TPSA) is 9.23 Å². The summed E-state index contributed by atoms with van der Waals surface area (Å²) in [6.07, 6.45) is 19.1. The molecule has 0 heterocycles. The standard InChI is InChI=1S/C35H52O/c1-24(2)25(3)12-13-26(4)31-16-17-32-30-15-14-28-22-29(36-23-27-10-8-7-9-11-27)18-20-34(28,5)33(30)19-21-35(31,32)6/h7-13,15,24-26,28-29,31-33H,14,16-23H2,1-6H3/b13-12+/t25-,26+,28-,29+,31-,32+,33+,34+,35+/m0/s1. The van der Waals surface area contributed by atoms with Crippen LogP contribution in [0.5, 0.6) is 0 Å². The molecule has 3 fully saturated rings. The first kappa shape index (κ1) is 26.3. The van der Waals surface area contributed by atoms with E-state index in [2.05, 4.69) is 90.1 Å². The highest BCUT2D eigenvalue weighted by Gasteiger charge is 2.58. The third-order valence-electron chi connectivity index (χ3n) is 11.8. The quantitative estimate of drug-likeness (QED) is 0.347. The minimum atomic E-state index is 0.434. The maximum atomic E-state index is 6.45. The van der Waals surface area contributed by atoms with Gasteiger partial charge in [0.25, 0.3) is 0 Å². The zero-order chi connectivity index (χ0) is 25.5. The molecule has 0 saturated heterocycles. The number of rotatable bonds is 7. The molecule has 4 aliphatic carbocycles. The number of fused-ring (bicyclic) bond motifs is 5. The van der Waals surface area contributed by atoms with Gasteiger partial charge in [-0.05, 0) is 109 Å². The van der Waals surface area contributed by atoms with Gasteiger partial charge in [0.1, 0.15) is 0 Å². The average molecular weight is 489 g/mol. The van der Waals surface area contributed by atoms with Crippen molar-refractivity contribution in [3.63, 3.8) is 0 Å². The van der Waals surface area contributed by atoms with Gasteiger partial charge in [-0.2, -0.15) is 0 Å². The second-order valence-corrected chi connectivity index (χ2v) is 14.0. The highest BCUT2D eigenvalue weighted by Crippen LogP contribution is 2.66. The molecule has 0 aromatic heterocycles. The molecule has 0 bridgehead atoms. The maximum absolute atomic E-state index is 6.45. The summed E-state index contributed by atoms with van der Waals surface area (Å²) in [5, 5.41) is 0. The van der Waals surface area contributed by atoms with E-state index in [4.69, 9.17) is 4.74 Å². The second kappa shape index (κ2) is 10.4. The largest absolute Gasteiger partial charge is 0.374 e. The van der Waals surface area contributed by atoms with Crippen LogP contribution in [0.15, 0.2) is 54.1 Å². The van der Waals surface area contributed by atoms with Crippen molar-refractivity contribution < 1.29 is 4.74 Å². The summed E-state index contributed by atoms with van der Waals surface area (Å²) < 4.78 is 6.45. The summed E-state index contributed by atoms with van der Waals surface area (Å²) in [5.74, 6) is 5.38. The van der Waals surface area contributed by atoms with Gasteiger partial charge in [-0.1, -0.05) is 95.7 Å². The Morgan fingerprint density at radius 1 is 0.889 bits per heavy atom. The van der Waals surface area contributed by atoms with Gasteiger partial charge in [-0.15, -0.1) is 0 Å². The van der Waals surface area contributed by atoms with E-state index in [1.54, 1.807) is 0 Å². The highest BCUT2D eigenvalue weighted by atomic mass is 16.5. The fourth-order valence-corrected chi connectivity index (χ4v) is 9.02. The van der Waals surface area contributed by atoms with E-state index in [0.717, 1.165) is 36.2 Å². The number of ether oxygens (including phenoxy) is 1. The predicted molar refractivity (Wildman–Crippen MR) is 153 cm³/mol. The Morgan fingerprint density at radius 3 is 2.36 bits per heavy atom. The van der Waals surface area contributed by atoms with Gasteiger partial charge >= 0.3 is 0 Å². The van der Waals surface area contributed by atoms with Crippen LogP contribution >= 0.6 is 0 Å². The van der Waals surface area contributed by atoms with Gasteiger partial charge in [0, 0.05) is 0 Å². The summed E-state index contributed by atoms with van der Waals surface area (Å²) in [6, 6.07) is 10.7. The van der Waals surface area contributed by atoms with Crippen LogP contribution in [0.2, 0.25) is 0 Å². The first-order valence-electron chi connectivity index (χ1n) is 15.3. The lowest BCUT2D eigenvalue weighted by Crippen LogP contribution is -2.50. The number of benzene rings is 1. The van der Waals surface area contributed by atoms with E-state index in [0.29, 0.717) is 28.8 Å². The van der Waals surface area contributed by atoms with Crippen LogP contribution in [0.1, 0.15) is 98.5 Å². The molecule has 9 atom stereocenters. The molecule has 5 rings (SSSR count). The maximum Gasteiger partial charge on any atom is 0.0720 e. The number of hydrogen-bond acceptors (Lipinski definition) is 1. The van der Waals surface area contributed by atoms with Gasteiger partial charge < -0.3 is 4.74 Å². The van der Waals surface area contributed by atoms with Crippen LogP contribution in [-0.4, -0.2) is 6.10 Å². The Morgan fingerprint density at radius 2 is 1.61 bits per heavy atom. The Balaban J connectivity index is 1.26. The van der Waals surface area contributed by atoms with Gasteiger partial charge in [0.05, 0.1) is 12.7 Å². The van der Waals surface area contributed by atoms with Crippen molar-refractivity contribution in [2.24, 2.45) is 52.3 Å². The minimum Gasteiger partial charge on any atom is -0.374 e. The molecule has 1 aromatic carbocycles. The Bertz CT molecular complexity index is 943. The molecule has 3 saturated carbocycles. The van der Waals surface area contributed by atoms with Gasteiger partial charge in [0.15, 0.2) is 0 Å². The monoisotopic (exact) mass is 488 g/mol. The molecule has 0 spiro atoms. The lowest BCUT2D eigenvalue weighted by molar-refractivity contribution is -0.0707. The zero-order valence-corrected chi connectivity index (χ0v) is 24.0. The van der Waals surface area contributed by atoms with E-state index in [1.807, 2.05) is 5.57 Å². The summed E-state index contributed by atoms with van der Waals surface area (Å²) in [6.45, 7) is 15.7. The van der Waals surface area contributed by atoms with Crippen molar-refractivity contribution in [2.75, 3.05) is 0 Å². The molecular formula is C35H52O. The van der Waals surface area contributed by atoms with Crippen LogP contribution < -0.4 is 0 Å². The van der Waals surface area contributed by atoms with E-state index in [1.165, 1.54) is 56.9 Å². The van der Waals surface area contributed by atoms with E-state index in [9.17, 15) is 0 Å². The molecule has 198 valence electrons. The molecule has 0 N–H and O–H groups in total. The summed E-state index contributed by atoms with van der Waals surface area (Å²) >= 11 is 0. The number of hydrogen-bond donors (Lipinski definition) is 0. The summed E-state index contributed by atoms with van der Waals surface area (Å²) in [4.78, 5) is 0. The van der Waals surface area contributed by atoms with Crippen molar-refractivity contribution in [3.05, 3.63) is 59.7 Å². The zero-order valence-electron chi connectivity index (χ0n) is 24.0. The van der Waals surface area contributed by atoms with Gasteiger partial charge in [0.2, 0.25) is 0 Å². The van der Waals surface area contributed by atoms with Crippen LogP contribution in [0, 0.1) is 52.3 Å². The molecule has 1 nitrogen and oxygen atoms in total. The third kappa shape index (κ3) is 4.79. The van der Waals surface area contributed by atoms with Crippen LogP contribution in [0.25, 0.3) is 0 Å². The lowest BCUT2D eigenvalue weighted by atomic mass is 9.47. The molecule has 0 radical (unpaired) electrons.